The number of furan rings is 1. The van der Waals surface area contributed by atoms with Crippen LogP contribution in [0.4, 0.5) is 0 Å². The monoisotopic (exact) mass is 396 g/mol. The van der Waals surface area contributed by atoms with Crippen LogP contribution in [0.15, 0.2) is 10.5 Å². The summed E-state index contributed by atoms with van der Waals surface area (Å²) in [6.45, 7) is 17.4. The van der Waals surface area contributed by atoms with Crippen molar-refractivity contribution in [1.29, 1.82) is 0 Å². The Hall–Kier alpha value is -1.33. The number of rotatable bonds is 9. The molecule has 2 N–H and O–H groups in total. The lowest BCUT2D eigenvalue weighted by atomic mass is 9.78. The van der Waals surface area contributed by atoms with E-state index in [1.54, 1.807) is 0 Å². The van der Waals surface area contributed by atoms with E-state index in [-0.39, 0.29) is 36.2 Å². The molecule has 28 heavy (non-hydrogen) atoms. The van der Waals surface area contributed by atoms with Crippen molar-refractivity contribution in [2.24, 2.45) is 23.2 Å². The van der Waals surface area contributed by atoms with Crippen LogP contribution in [0.25, 0.3) is 0 Å². The van der Waals surface area contributed by atoms with Gasteiger partial charge in [-0.3, -0.25) is 4.79 Å². The van der Waals surface area contributed by atoms with Gasteiger partial charge in [0.15, 0.2) is 0 Å². The predicted molar refractivity (Wildman–Crippen MR) is 111 cm³/mol. The first-order chi connectivity index (χ1) is 12.8. The van der Waals surface area contributed by atoms with E-state index in [1.807, 2.05) is 68.4 Å². The highest BCUT2D eigenvalue weighted by atomic mass is 16.5. The third-order valence-electron chi connectivity index (χ3n) is 5.93. The first kappa shape index (κ1) is 24.7. The Labute approximate surface area is 170 Å². The van der Waals surface area contributed by atoms with Crippen molar-refractivity contribution in [3.05, 3.63) is 23.2 Å². The molecule has 0 fully saturated rings. The number of hydrogen-bond donors (Lipinski definition) is 2. The number of aliphatic hydroxyl groups is 2. The van der Waals surface area contributed by atoms with Crippen molar-refractivity contribution in [3.63, 3.8) is 0 Å². The normalized spacial score (nSPS) is 18.8. The molecule has 6 atom stereocenters. The summed E-state index contributed by atoms with van der Waals surface area (Å²) in [4.78, 5) is 12.1. The van der Waals surface area contributed by atoms with Gasteiger partial charge >= 0.3 is 5.97 Å². The smallest absolute Gasteiger partial charge is 0.311 e. The molecule has 162 valence electrons. The first-order valence-electron chi connectivity index (χ1n) is 10.4. The Bertz CT molecular complexity index is 627. The second kappa shape index (κ2) is 9.93. The Morgan fingerprint density at radius 3 is 2.11 bits per heavy atom. The average Bonchev–Trinajstić information content (AvgIpc) is 2.96. The van der Waals surface area contributed by atoms with Gasteiger partial charge in [-0.15, -0.1) is 0 Å². The van der Waals surface area contributed by atoms with Crippen LogP contribution in [0.1, 0.15) is 77.9 Å². The highest BCUT2D eigenvalue weighted by molar-refractivity contribution is 5.75. The molecule has 0 aliphatic rings. The van der Waals surface area contributed by atoms with Crippen molar-refractivity contribution < 1.29 is 24.2 Å². The molecule has 0 spiro atoms. The minimum absolute atomic E-state index is 0.0267. The van der Waals surface area contributed by atoms with Gasteiger partial charge in [0.1, 0.15) is 11.5 Å². The van der Waals surface area contributed by atoms with E-state index in [4.69, 9.17) is 9.15 Å². The fourth-order valence-electron chi connectivity index (χ4n) is 3.72. The van der Waals surface area contributed by atoms with E-state index in [0.717, 1.165) is 23.5 Å². The molecular weight excluding hydrogens is 356 g/mol. The molecular formula is C23H40O5. The fraction of sp³-hybridized carbons (Fsp3) is 0.783. The molecule has 0 radical (unpaired) electrons. The lowest BCUT2D eigenvalue weighted by Crippen LogP contribution is -2.40. The summed E-state index contributed by atoms with van der Waals surface area (Å²) in [5.41, 5.74) is 0.470. The number of carbonyl (C=O) groups excluding carboxylic acids is 1. The van der Waals surface area contributed by atoms with E-state index in [2.05, 4.69) is 0 Å². The summed E-state index contributed by atoms with van der Waals surface area (Å²) in [5.74, 6) is 0.695. The minimum Gasteiger partial charge on any atom is -0.466 e. The number of ether oxygens (including phenoxy) is 1. The maximum atomic E-state index is 12.1. The molecule has 0 saturated carbocycles. The second-order valence-corrected chi connectivity index (χ2v) is 9.41. The van der Waals surface area contributed by atoms with Crippen LogP contribution >= 0.6 is 0 Å². The van der Waals surface area contributed by atoms with Crippen LogP contribution in [-0.2, 0) is 9.53 Å². The number of aliphatic hydroxyl groups excluding tert-OH is 2. The maximum Gasteiger partial charge on any atom is 0.311 e. The van der Waals surface area contributed by atoms with Crippen molar-refractivity contribution in [2.45, 2.75) is 86.9 Å². The molecule has 1 aromatic rings. The molecule has 0 unspecified atom stereocenters. The summed E-state index contributed by atoms with van der Waals surface area (Å²) in [7, 11) is 0. The molecule has 1 rings (SSSR count). The van der Waals surface area contributed by atoms with Gasteiger partial charge in [0.25, 0.3) is 0 Å². The molecule has 1 aromatic heterocycles. The molecule has 5 nitrogen and oxygen atoms in total. The largest absolute Gasteiger partial charge is 0.466 e. The van der Waals surface area contributed by atoms with Crippen molar-refractivity contribution in [3.8, 4) is 0 Å². The number of carbonyl (C=O) groups is 1. The summed E-state index contributed by atoms with van der Waals surface area (Å²) < 4.78 is 11.2. The van der Waals surface area contributed by atoms with Gasteiger partial charge in [-0.05, 0) is 64.5 Å². The fourth-order valence-corrected chi connectivity index (χ4v) is 3.72. The minimum atomic E-state index is -0.740. The Kier molecular flexibility index (Phi) is 8.76. The third kappa shape index (κ3) is 6.08. The van der Waals surface area contributed by atoms with Gasteiger partial charge in [-0.1, -0.05) is 27.7 Å². The van der Waals surface area contributed by atoms with E-state index in [1.165, 1.54) is 0 Å². The van der Waals surface area contributed by atoms with Gasteiger partial charge < -0.3 is 19.4 Å². The molecule has 0 aromatic carbocycles. The van der Waals surface area contributed by atoms with E-state index >= 15 is 0 Å². The zero-order chi connectivity index (χ0) is 21.8. The molecule has 0 saturated heterocycles. The Morgan fingerprint density at radius 2 is 1.68 bits per heavy atom. The van der Waals surface area contributed by atoms with Gasteiger partial charge in [0.05, 0.1) is 24.2 Å². The lowest BCUT2D eigenvalue weighted by Gasteiger charge is -2.34. The Morgan fingerprint density at radius 1 is 1.11 bits per heavy atom. The average molecular weight is 397 g/mol. The standard InChI is InChI=1S/C23H40O5/c1-10-18(12-27-22(26)23(7,8)9)15(4)19(24)16(5)20(25)17(6)21-13(2)11-14(3)28-21/h11,15-20,24-25H,10,12H2,1-9H3/t15-,16-,17-,18+,19+,20-/m0/s1. The number of hydrogen-bond acceptors (Lipinski definition) is 5. The van der Waals surface area contributed by atoms with Crippen LogP contribution in [0.5, 0.6) is 0 Å². The highest BCUT2D eigenvalue weighted by Crippen LogP contribution is 2.33. The van der Waals surface area contributed by atoms with Crippen LogP contribution < -0.4 is 0 Å². The number of aryl methyl sites for hydroxylation is 2. The van der Waals surface area contributed by atoms with Crippen LogP contribution in [0.2, 0.25) is 0 Å². The highest BCUT2D eigenvalue weighted by Gasteiger charge is 2.36. The molecule has 1 heterocycles. The number of esters is 1. The van der Waals surface area contributed by atoms with Gasteiger partial charge in [0.2, 0.25) is 0 Å². The summed E-state index contributed by atoms with van der Waals surface area (Å²) in [6, 6.07) is 1.96. The van der Waals surface area contributed by atoms with Crippen LogP contribution in [0, 0.1) is 37.0 Å². The molecule has 0 bridgehead atoms. The van der Waals surface area contributed by atoms with Gasteiger partial charge in [-0.25, -0.2) is 0 Å². The SMILES string of the molecule is CC[C@H](COC(=O)C(C)(C)C)[C@H](C)[C@@H](O)[C@H](C)[C@H](O)[C@H](C)c1oc(C)cc1C. The van der Waals surface area contributed by atoms with Crippen molar-refractivity contribution >= 4 is 5.97 Å². The topological polar surface area (TPSA) is 79.9 Å². The molecule has 0 amide bonds. The van der Waals surface area contributed by atoms with Gasteiger partial charge in [0, 0.05) is 11.8 Å². The van der Waals surface area contributed by atoms with Gasteiger partial charge in [-0.2, -0.15) is 0 Å². The lowest BCUT2D eigenvalue weighted by molar-refractivity contribution is -0.155. The summed E-state index contributed by atoms with van der Waals surface area (Å²) in [5, 5.41) is 21.8. The molecule has 0 aliphatic carbocycles. The van der Waals surface area contributed by atoms with E-state index in [0.29, 0.717) is 0 Å². The zero-order valence-electron chi connectivity index (χ0n) is 19.1. The first-order valence-corrected chi connectivity index (χ1v) is 10.4. The summed E-state index contributed by atoms with van der Waals surface area (Å²) >= 11 is 0. The van der Waals surface area contributed by atoms with E-state index in [9.17, 15) is 15.0 Å². The predicted octanol–water partition coefficient (Wildman–Crippen LogP) is 4.61. The quantitative estimate of drug-likeness (QED) is 0.596. The van der Waals surface area contributed by atoms with Crippen LogP contribution in [0.3, 0.4) is 0 Å². The second-order valence-electron chi connectivity index (χ2n) is 9.41. The van der Waals surface area contributed by atoms with Crippen LogP contribution in [-0.4, -0.2) is 35.0 Å². The summed E-state index contributed by atoms with van der Waals surface area (Å²) in [6.07, 6.45) is -0.673. The maximum absolute atomic E-state index is 12.1. The van der Waals surface area contributed by atoms with E-state index < -0.39 is 17.6 Å². The molecule has 5 heteroatoms. The molecule has 0 aliphatic heterocycles. The van der Waals surface area contributed by atoms with Crippen molar-refractivity contribution in [1.82, 2.24) is 0 Å². The van der Waals surface area contributed by atoms with Crippen molar-refractivity contribution in [2.75, 3.05) is 6.61 Å². The third-order valence-corrected chi connectivity index (χ3v) is 5.93. The Balaban J connectivity index is 2.79. The zero-order valence-corrected chi connectivity index (χ0v) is 19.1.